The van der Waals surface area contributed by atoms with Gasteiger partial charge in [-0.05, 0) is 209 Å². The molecule has 3 aromatic carbocycles. The number of alkyl carbamates (subject to hydrolysis) is 1. The van der Waals surface area contributed by atoms with Crippen molar-refractivity contribution >= 4 is 106 Å². The van der Waals surface area contributed by atoms with E-state index < -0.39 is 245 Å². The fourth-order valence-corrected chi connectivity index (χ4v) is 16.1. The Bertz CT molecular complexity index is 4670. The smallest absolute Gasteiger partial charge is 0.408 e. The zero-order chi connectivity index (χ0) is 103. The molecular weight excluding hydrogens is 1770 g/mol. The summed E-state index contributed by atoms with van der Waals surface area (Å²) in [7, 11) is 0. The molecule has 0 bridgehead atoms. The highest BCUT2D eigenvalue weighted by Crippen LogP contribution is 2.39. The zero-order valence-electron chi connectivity index (χ0n) is 83.7. The summed E-state index contributed by atoms with van der Waals surface area (Å²) in [5.74, 6) is -14.9. The number of carbonyl (C=O) groups excluding carboxylic acids is 17. The third-order valence-corrected chi connectivity index (χ3v) is 23.1. The first-order valence-electron chi connectivity index (χ1n) is 47.5. The number of allylic oxidation sites excluding steroid dienone is 2. The Balaban J connectivity index is 1.31. The van der Waals surface area contributed by atoms with Crippen molar-refractivity contribution in [1.29, 1.82) is 0 Å². The number of carboxylic acids is 1. The minimum atomic E-state index is -1.72. The molecule has 3 aromatic rings. The molecule has 0 radical (unpaired) electrons. The van der Waals surface area contributed by atoms with Crippen molar-refractivity contribution in [1.82, 2.24) is 73.6 Å². The molecule has 0 aromatic heterocycles. The lowest BCUT2D eigenvalue weighted by Crippen LogP contribution is -2.61. The van der Waals surface area contributed by atoms with Gasteiger partial charge in [0.15, 0.2) is 11.6 Å². The van der Waals surface area contributed by atoms with Gasteiger partial charge >= 0.3 is 24.0 Å². The molecule has 6 rings (SSSR count). The van der Waals surface area contributed by atoms with E-state index in [1.165, 1.54) is 37.5 Å². The number of unbranched alkanes of at least 4 members (excludes halogenated alkanes) is 1. The van der Waals surface area contributed by atoms with Crippen LogP contribution in [0, 0.1) is 17.3 Å². The van der Waals surface area contributed by atoms with E-state index in [0.717, 1.165) is 0 Å². The molecule has 3 aliphatic rings. The molecule has 37 heteroatoms. The number of carboxylic acid groups (broad SMARTS) is 1. The van der Waals surface area contributed by atoms with Crippen LogP contribution in [0.4, 0.5) is 4.79 Å². The minimum absolute atomic E-state index is 0.000473. The van der Waals surface area contributed by atoms with Crippen LogP contribution in [0.2, 0.25) is 0 Å². The fraction of sp³-hybridized carbons (Fsp3) is 0.620. The van der Waals surface area contributed by atoms with E-state index in [4.69, 9.17) is 18.9 Å². The maximum atomic E-state index is 15.5. The number of benzene rings is 3. The molecule has 0 spiro atoms. The van der Waals surface area contributed by atoms with Gasteiger partial charge in [-0.2, -0.15) is 0 Å². The van der Waals surface area contributed by atoms with Gasteiger partial charge in [0.05, 0.1) is 24.2 Å². The third-order valence-electron chi connectivity index (χ3n) is 23.1. The summed E-state index contributed by atoms with van der Waals surface area (Å²) in [6, 6.07) is 9.89. The number of Topliss-reactive ketones (excluding diaryl/α,β-unsaturated/α-hetero) is 2. The first-order valence-corrected chi connectivity index (χ1v) is 47.5. The maximum absolute atomic E-state index is 15.5. The molecular formula is C100H148N14O23. The largest absolute Gasteiger partial charge is 0.480 e. The average Bonchev–Trinajstić information content (AvgIpc) is 0.935. The predicted octanol–water partition coefficient (Wildman–Crippen LogP) is 7.01. The first-order chi connectivity index (χ1) is 63.8. The number of nitrogens with zero attached hydrogens (tertiary/aromatic N) is 2. The van der Waals surface area contributed by atoms with Crippen LogP contribution in [0.15, 0.2) is 102 Å². The molecule has 3 fully saturated rings. The Hall–Kier alpha value is -12.2. The molecule has 13 N–H and O–H groups in total. The number of carbonyl (C=O) groups is 18. The summed E-state index contributed by atoms with van der Waals surface area (Å²) in [5.41, 5.74) is -3.29. The molecule has 13 atom stereocenters. The van der Waals surface area contributed by atoms with E-state index in [9.17, 15) is 62.6 Å². The normalized spacial score (nSPS) is 17.6. The van der Waals surface area contributed by atoms with E-state index >= 15 is 28.8 Å². The van der Waals surface area contributed by atoms with Crippen LogP contribution in [-0.4, -0.2) is 243 Å². The topological polar surface area (TPSA) is 515 Å². The average molecular weight is 1910 g/mol. The fourth-order valence-electron chi connectivity index (χ4n) is 16.1. The first kappa shape index (κ1) is 114. The monoisotopic (exact) mass is 1910 g/mol. The van der Waals surface area contributed by atoms with Gasteiger partial charge in [-0.25, -0.2) is 4.79 Å². The van der Waals surface area contributed by atoms with E-state index in [1.54, 1.807) is 96.9 Å². The molecule has 2 heterocycles. The maximum Gasteiger partial charge on any atom is 0.408 e. The number of ketones is 2. The molecule has 1 saturated carbocycles. The highest BCUT2D eigenvalue weighted by atomic mass is 16.6. The van der Waals surface area contributed by atoms with Gasteiger partial charge in [-0.1, -0.05) is 139 Å². The van der Waals surface area contributed by atoms with Gasteiger partial charge in [0.1, 0.15) is 94.8 Å². The van der Waals surface area contributed by atoms with Crippen molar-refractivity contribution < 1.29 is 110 Å². The Morgan fingerprint density at radius 2 is 0.883 bits per heavy atom. The quantitative estimate of drug-likeness (QED) is 0.00675. The number of amides is 13. The van der Waals surface area contributed by atoms with Gasteiger partial charge in [0.2, 0.25) is 70.9 Å². The molecule has 0 unspecified atom stereocenters. The van der Waals surface area contributed by atoms with Gasteiger partial charge in [-0.15, -0.1) is 0 Å². The molecule has 756 valence electrons. The van der Waals surface area contributed by atoms with E-state index in [2.05, 4.69) is 63.8 Å². The molecule has 2 aliphatic heterocycles. The number of hydrogen-bond acceptors (Lipinski definition) is 23. The highest BCUT2D eigenvalue weighted by Gasteiger charge is 2.47. The van der Waals surface area contributed by atoms with E-state index in [0.29, 0.717) is 41.6 Å². The Kier molecular flexibility index (Phi) is 42.1. The van der Waals surface area contributed by atoms with Crippen LogP contribution in [-0.2, 0) is 106 Å². The number of likely N-dealkylation sites (tertiary alicyclic amines) is 2. The molecule has 13 amide bonds. The van der Waals surface area contributed by atoms with Crippen molar-refractivity contribution in [2.45, 2.75) is 356 Å². The van der Waals surface area contributed by atoms with Crippen LogP contribution in [0.3, 0.4) is 0 Å². The zero-order valence-corrected chi connectivity index (χ0v) is 83.7. The van der Waals surface area contributed by atoms with Crippen LogP contribution >= 0.6 is 0 Å². The second-order valence-corrected chi connectivity index (χ2v) is 41.0. The van der Waals surface area contributed by atoms with Crippen molar-refractivity contribution in [3.63, 3.8) is 0 Å². The lowest BCUT2D eigenvalue weighted by Gasteiger charge is -2.37. The van der Waals surface area contributed by atoms with Crippen LogP contribution in [0.25, 0.3) is 0 Å². The SMILES string of the molecule is CC[C@H](C)[C@H](NC(=O)[C@H](C)NC(=O)[C@H](CCC(=O)OC(C)(C)C)NC(=O)[C@H](CCCCNC(CC(C)C)=C1C(=O)CC(C)(C)CC1=O)NC(=O)[C@H](CCC(=O)NC(c1ccccc1)(c1ccccc1)c1ccccc1)NC(=O)[C@H](C)NC(=O)OC(C)(C)C)C(=O)N[C@@H](COC(C)(C)C)C(=O)N1CCC[C@H]1C(=O)N1CCC[C@H]1C(=O)N[C@@H](CC(=O)OC(C)(C)C)C(=O)N[C@@H](C)C(=O)N[C@@H](C)C(=O)O. The summed E-state index contributed by atoms with van der Waals surface area (Å²) in [6.07, 6.45) is -1.77. The Labute approximate surface area is 804 Å². The summed E-state index contributed by atoms with van der Waals surface area (Å²) in [6.45, 7) is 35.4. The molecule has 137 heavy (non-hydrogen) atoms. The number of rotatable bonds is 46. The van der Waals surface area contributed by atoms with Gasteiger partial charge in [0, 0.05) is 51.0 Å². The Morgan fingerprint density at radius 3 is 1.37 bits per heavy atom. The lowest BCUT2D eigenvalue weighted by molar-refractivity contribution is -0.157. The van der Waals surface area contributed by atoms with E-state index in [-0.39, 0.29) is 94.1 Å². The Morgan fingerprint density at radius 1 is 0.453 bits per heavy atom. The van der Waals surface area contributed by atoms with Crippen LogP contribution < -0.4 is 63.8 Å². The van der Waals surface area contributed by atoms with Gasteiger partial charge in [0.25, 0.3) is 0 Å². The number of aliphatic carboxylic acids is 1. The lowest BCUT2D eigenvalue weighted by atomic mass is 9.73. The standard InChI is InChI=1S/C100H148N14O23/c1-23-59(4)81(90(128)110-72(57-134-95(9,10)11)91(129)114-52-36-45-74(114)92(130)113-51-35-44-73(113)89(127)109-71(54-79(119)136-97(15,16)17)88(126)103-60(5)82(120)104-63(8)93(131)132)111-84(122)61(6)102-85(123)69(47-49-78(118)135-96(12,13)14)108-86(124)67(43-33-34-50-101-70(53-58(2)3)80-75(115)55-99(21,22)56-76(80)116)107-87(125)68(106-83(121)62(7)105-94(133)137-98(18,19)20)46-48-77(117)112-100(64-37-27-24-28-38-64,65-39-29-25-30-40-65)66-41-31-26-32-42-66/h24-32,37-42,58-63,67-69,71-74,81,101H,23,33-36,43-57H2,1-22H3,(H,102,123)(H,103,126)(H,104,120)(H,105,133)(H,106,121)(H,107,125)(H,108,124)(H,109,127)(H,110,128)(H,111,122)(H,112,117)(H,131,132)/t59-,60-,61-,62-,63-,67-,68-,69-,71-,72-,73-,74-,81-/m0/s1. The molecule has 1 aliphatic carbocycles. The number of ether oxygens (including phenoxy) is 4. The van der Waals surface area contributed by atoms with Crippen molar-refractivity contribution in [3.05, 3.63) is 119 Å². The van der Waals surface area contributed by atoms with Gasteiger partial charge < -0.3 is 97.7 Å². The second kappa shape index (κ2) is 50.8. The number of hydrogen-bond donors (Lipinski definition) is 13. The van der Waals surface area contributed by atoms with Crippen LogP contribution in [0.1, 0.15) is 272 Å². The van der Waals surface area contributed by atoms with Crippen molar-refractivity contribution in [2.75, 3.05) is 26.2 Å². The summed E-state index contributed by atoms with van der Waals surface area (Å²) < 4.78 is 22.7. The number of nitrogens with one attached hydrogen (secondary N) is 12. The van der Waals surface area contributed by atoms with Crippen molar-refractivity contribution in [2.24, 2.45) is 17.3 Å². The summed E-state index contributed by atoms with van der Waals surface area (Å²) >= 11 is 0. The van der Waals surface area contributed by atoms with Crippen LogP contribution in [0.5, 0.6) is 0 Å². The minimum Gasteiger partial charge on any atom is -0.480 e. The molecule has 2 saturated heterocycles. The third kappa shape index (κ3) is 36.0. The van der Waals surface area contributed by atoms with Crippen molar-refractivity contribution in [3.8, 4) is 0 Å². The van der Waals surface area contributed by atoms with E-state index in [1.807, 2.05) is 119 Å². The summed E-state index contributed by atoms with van der Waals surface area (Å²) in [4.78, 5) is 259. The predicted molar refractivity (Wildman–Crippen MR) is 509 cm³/mol. The summed E-state index contributed by atoms with van der Waals surface area (Å²) in [5, 5.41) is 41.9. The number of esters is 2. The van der Waals surface area contributed by atoms with Gasteiger partial charge in [-0.3, -0.25) is 81.5 Å². The molecule has 37 nitrogen and oxygen atoms in total. The highest BCUT2D eigenvalue weighted by molar-refractivity contribution is 6.22. The second-order valence-electron chi connectivity index (χ2n) is 41.0.